The third-order valence-corrected chi connectivity index (χ3v) is 3.02. The highest BCUT2D eigenvalue weighted by molar-refractivity contribution is 14.1. The number of hydrogen-bond acceptors (Lipinski definition) is 2. The first kappa shape index (κ1) is 12.1. The number of benzene rings is 2. The van der Waals surface area contributed by atoms with E-state index < -0.39 is 0 Å². The van der Waals surface area contributed by atoms with Crippen LogP contribution in [0.15, 0.2) is 53.5 Å². The lowest BCUT2D eigenvalue weighted by molar-refractivity contribution is 0.415. The Morgan fingerprint density at radius 3 is 2.24 bits per heavy atom. The average Bonchev–Trinajstić information content (AvgIpc) is 2.39. The predicted octanol–water partition coefficient (Wildman–Crippen LogP) is 4.05. The van der Waals surface area contributed by atoms with Gasteiger partial charge in [0.2, 0.25) is 0 Å². The maximum atomic E-state index is 5.10. The SMILES string of the molecule is COc1ccc(C=Nc2ccc(I)cc2)cc1. The van der Waals surface area contributed by atoms with Crippen molar-refractivity contribution in [3.8, 4) is 5.75 Å². The molecule has 2 aromatic rings. The number of nitrogens with zero attached hydrogens (tertiary/aromatic N) is 1. The molecule has 0 saturated heterocycles. The van der Waals surface area contributed by atoms with E-state index in [1.54, 1.807) is 7.11 Å². The van der Waals surface area contributed by atoms with Crippen molar-refractivity contribution < 1.29 is 4.74 Å². The molecule has 0 saturated carbocycles. The summed E-state index contributed by atoms with van der Waals surface area (Å²) in [5.41, 5.74) is 2.02. The molecule has 86 valence electrons. The van der Waals surface area contributed by atoms with Crippen molar-refractivity contribution in [2.45, 2.75) is 0 Å². The number of ether oxygens (including phenoxy) is 1. The van der Waals surface area contributed by atoms with Gasteiger partial charge in [0.1, 0.15) is 5.75 Å². The van der Waals surface area contributed by atoms with Gasteiger partial charge >= 0.3 is 0 Å². The van der Waals surface area contributed by atoms with Gasteiger partial charge in [0, 0.05) is 9.78 Å². The summed E-state index contributed by atoms with van der Waals surface area (Å²) in [6.07, 6.45) is 1.85. The Morgan fingerprint density at radius 1 is 1.00 bits per heavy atom. The number of halogens is 1. The molecule has 0 radical (unpaired) electrons. The molecule has 0 unspecified atom stereocenters. The molecule has 3 heteroatoms. The molecule has 0 fully saturated rings. The van der Waals surface area contributed by atoms with Crippen LogP contribution in [0.3, 0.4) is 0 Å². The summed E-state index contributed by atoms with van der Waals surface area (Å²) in [6, 6.07) is 15.9. The normalized spacial score (nSPS) is 10.7. The Kier molecular flexibility index (Phi) is 4.14. The molecule has 0 aliphatic heterocycles. The van der Waals surface area contributed by atoms with Crippen molar-refractivity contribution in [1.82, 2.24) is 0 Å². The third kappa shape index (κ3) is 3.56. The maximum Gasteiger partial charge on any atom is 0.118 e. The van der Waals surface area contributed by atoms with E-state index in [1.165, 1.54) is 3.57 Å². The van der Waals surface area contributed by atoms with E-state index in [2.05, 4.69) is 27.6 Å². The van der Waals surface area contributed by atoms with Gasteiger partial charge in [-0.2, -0.15) is 0 Å². The molecule has 0 heterocycles. The van der Waals surface area contributed by atoms with Crippen LogP contribution >= 0.6 is 22.6 Å². The van der Waals surface area contributed by atoms with Gasteiger partial charge in [-0.15, -0.1) is 0 Å². The lowest BCUT2D eigenvalue weighted by Gasteiger charge is -1.99. The molecule has 0 aromatic heterocycles. The van der Waals surface area contributed by atoms with E-state index in [4.69, 9.17) is 4.74 Å². The first-order valence-corrected chi connectivity index (χ1v) is 6.29. The van der Waals surface area contributed by atoms with Crippen molar-refractivity contribution >= 4 is 34.5 Å². The van der Waals surface area contributed by atoms with Gasteiger partial charge in [0.15, 0.2) is 0 Å². The molecule has 2 nitrogen and oxygen atoms in total. The number of methoxy groups -OCH3 is 1. The fraction of sp³-hybridized carbons (Fsp3) is 0.0714. The highest BCUT2D eigenvalue weighted by Gasteiger charge is 1.92. The number of rotatable bonds is 3. The van der Waals surface area contributed by atoms with Gasteiger partial charge in [-0.3, -0.25) is 4.99 Å². The third-order valence-electron chi connectivity index (χ3n) is 2.31. The minimum Gasteiger partial charge on any atom is -0.497 e. The van der Waals surface area contributed by atoms with Gasteiger partial charge in [-0.1, -0.05) is 0 Å². The Bertz CT molecular complexity index is 503. The molecule has 0 aliphatic carbocycles. The van der Waals surface area contributed by atoms with Gasteiger partial charge in [0.05, 0.1) is 12.8 Å². The molecule has 0 bridgehead atoms. The molecule has 0 amide bonds. The summed E-state index contributed by atoms with van der Waals surface area (Å²) in [5, 5.41) is 0. The van der Waals surface area contributed by atoms with Crippen LogP contribution in [-0.4, -0.2) is 13.3 Å². The Labute approximate surface area is 114 Å². The average molecular weight is 337 g/mol. The maximum absolute atomic E-state index is 5.10. The quantitative estimate of drug-likeness (QED) is 0.612. The highest BCUT2D eigenvalue weighted by atomic mass is 127. The van der Waals surface area contributed by atoms with Crippen LogP contribution in [0, 0.1) is 3.57 Å². The molecule has 0 N–H and O–H groups in total. The first-order chi connectivity index (χ1) is 8.28. The fourth-order valence-electron chi connectivity index (χ4n) is 1.37. The minimum absolute atomic E-state index is 0.858. The second-order valence-electron chi connectivity index (χ2n) is 3.51. The van der Waals surface area contributed by atoms with Crippen LogP contribution < -0.4 is 4.74 Å². The van der Waals surface area contributed by atoms with Crippen LogP contribution in [-0.2, 0) is 0 Å². The molecule has 0 atom stereocenters. The smallest absolute Gasteiger partial charge is 0.118 e. The van der Waals surface area contributed by atoms with E-state index >= 15 is 0 Å². The molecule has 17 heavy (non-hydrogen) atoms. The zero-order valence-corrected chi connectivity index (χ0v) is 11.6. The summed E-state index contributed by atoms with van der Waals surface area (Å²) in [4.78, 5) is 4.40. The second kappa shape index (κ2) is 5.82. The summed E-state index contributed by atoms with van der Waals surface area (Å²) >= 11 is 2.28. The zero-order valence-electron chi connectivity index (χ0n) is 9.43. The largest absolute Gasteiger partial charge is 0.497 e. The lowest BCUT2D eigenvalue weighted by atomic mass is 10.2. The van der Waals surface area contributed by atoms with Gasteiger partial charge in [-0.05, 0) is 76.7 Å². The standard InChI is InChI=1S/C14H12INO/c1-17-14-8-2-11(3-9-14)10-16-13-6-4-12(15)5-7-13/h2-10H,1H3. The Balaban J connectivity index is 2.11. The van der Waals surface area contributed by atoms with Crippen molar-refractivity contribution in [3.05, 3.63) is 57.7 Å². The van der Waals surface area contributed by atoms with Crippen molar-refractivity contribution in [2.24, 2.45) is 4.99 Å². The first-order valence-electron chi connectivity index (χ1n) is 5.21. The fourth-order valence-corrected chi connectivity index (χ4v) is 1.73. The zero-order chi connectivity index (χ0) is 12.1. The Hall–Kier alpha value is -1.36. The van der Waals surface area contributed by atoms with Crippen LogP contribution in [0.25, 0.3) is 0 Å². The molecule has 2 aromatic carbocycles. The number of hydrogen-bond donors (Lipinski definition) is 0. The minimum atomic E-state index is 0.858. The van der Waals surface area contributed by atoms with Gasteiger partial charge in [0.25, 0.3) is 0 Å². The summed E-state index contributed by atoms with van der Waals surface area (Å²) in [7, 11) is 1.66. The van der Waals surface area contributed by atoms with E-state index in [0.29, 0.717) is 0 Å². The van der Waals surface area contributed by atoms with Crippen LogP contribution in [0.5, 0.6) is 5.75 Å². The molecular weight excluding hydrogens is 325 g/mol. The molecular formula is C14H12INO. The van der Waals surface area contributed by atoms with Crippen molar-refractivity contribution in [3.63, 3.8) is 0 Å². The second-order valence-corrected chi connectivity index (χ2v) is 4.75. The van der Waals surface area contributed by atoms with Gasteiger partial charge in [-0.25, -0.2) is 0 Å². The summed E-state index contributed by atoms with van der Waals surface area (Å²) in [5.74, 6) is 0.858. The molecule has 0 aliphatic rings. The van der Waals surface area contributed by atoms with Crippen LogP contribution in [0.4, 0.5) is 5.69 Å². The van der Waals surface area contributed by atoms with E-state index in [1.807, 2.05) is 54.7 Å². The summed E-state index contributed by atoms with van der Waals surface area (Å²) in [6.45, 7) is 0. The van der Waals surface area contributed by atoms with Crippen molar-refractivity contribution in [1.29, 1.82) is 0 Å². The van der Waals surface area contributed by atoms with E-state index in [9.17, 15) is 0 Å². The lowest BCUT2D eigenvalue weighted by Crippen LogP contribution is -1.84. The molecule has 0 spiro atoms. The predicted molar refractivity (Wildman–Crippen MR) is 79.4 cm³/mol. The number of aliphatic imine (C=N–C) groups is 1. The highest BCUT2D eigenvalue weighted by Crippen LogP contribution is 2.15. The Morgan fingerprint density at radius 2 is 1.65 bits per heavy atom. The van der Waals surface area contributed by atoms with Crippen molar-refractivity contribution in [2.75, 3.05) is 7.11 Å². The summed E-state index contributed by atoms with van der Waals surface area (Å²) < 4.78 is 6.31. The van der Waals surface area contributed by atoms with E-state index in [0.717, 1.165) is 17.0 Å². The van der Waals surface area contributed by atoms with Crippen LogP contribution in [0.2, 0.25) is 0 Å². The van der Waals surface area contributed by atoms with Crippen LogP contribution in [0.1, 0.15) is 5.56 Å². The monoisotopic (exact) mass is 337 g/mol. The topological polar surface area (TPSA) is 21.6 Å². The van der Waals surface area contributed by atoms with Gasteiger partial charge < -0.3 is 4.74 Å². The molecule has 2 rings (SSSR count). The van der Waals surface area contributed by atoms with E-state index in [-0.39, 0.29) is 0 Å².